The van der Waals surface area contributed by atoms with Crippen LogP contribution in [-0.4, -0.2) is 6.29 Å². The van der Waals surface area contributed by atoms with Crippen LogP contribution in [0.3, 0.4) is 0 Å². The van der Waals surface area contributed by atoms with Gasteiger partial charge < -0.3 is 9.47 Å². The van der Waals surface area contributed by atoms with Crippen LogP contribution in [0.2, 0.25) is 0 Å². The van der Waals surface area contributed by atoms with Crippen LogP contribution in [0.5, 0.6) is 0 Å². The van der Waals surface area contributed by atoms with E-state index in [4.69, 9.17) is 9.47 Å². The SMILES string of the molecule is CCCC1OC(c2cccc(-c3ccc(-c4ccc(C(F)(F)F)cc4)cc3)c2)O1. The maximum atomic E-state index is 12.7. The average Bonchev–Trinajstić information content (AvgIpc) is 2.70. The molecule has 5 heteroatoms. The Morgan fingerprint density at radius 3 is 1.86 bits per heavy atom. The van der Waals surface area contributed by atoms with Crippen molar-refractivity contribution in [3.63, 3.8) is 0 Å². The average molecular weight is 398 g/mol. The first-order valence-electron chi connectivity index (χ1n) is 9.63. The standard InChI is InChI=1S/C24H21F3O2/c1-2-4-22-28-23(29-22)20-6-3-5-19(15-20)18-9-7-16(8-10-18)17-11-13-21(14-12-17)24(25,26)27/h3,5-15,22-23H,2,4H2,1H3. The predicted molar refractivity (Wildman–Crippen MR) is 106 cm³/mol. The Balaban J connectivity index is 1.49. The van der Waals surface area contributed by atoms with Crippen LogP contribution in [0, 0.1) is 0 Å². The molecule has 3 aromatic rings. The molecule has 0 atom stereocenters. The fourth-order valence-electron chi connectivity index (χ4n) is 3.39. The molecule has 2 nitrogen and oxygen atoms in total. The molecule has 1 aliphatic heterocycles. The highest BCUT2D eigenvalue weighted by Gasteiger charge is 2.31. The lowest BCUT2D eigenvalue weighted by molar-refractivity contribution is -0.391. The number of alkyl halides is 3. The molecule has 0 radical (unpaired) electrons. The van der Waals surface area contributed by atoms with E-state index in [-0.39, 0.29) is 12.6 Å². The molecule has 150 valence electrons. The highest BCUT2D eigenvalue weighted by molar-refractivity contribution is 5.71. The summed E-state index contributed by atoms with van der Waals surface area (Å²) in [4.78, 5) is 0. The lowest BCUT2D eigenvalue weighted by Crippen LogP contribution is -2.34. The van der Waals surface area contributed by atoms with Crippen molar-refractivity contribution in [3.8, 4) is 22.3 Å². The van der Waals surface area contributed by atoms with Gasteiger partial charge in [-0.2, -0.15) is 13.2 Å². The minimum absolute atomic E-state index is 0.114. The molecule has 0 aliphatic carbocycles. The minimum atomic E-state index is -4.32. The van der Waals surface area contributed by atoms with Gasteiger partial charge in [-0.3, -0.25) is 0 Å². The largest absolute Gasteiger partial charge is 0.416 e. The van der Waals surface area contributed by atoms with E-state index in [0.29, 0.717) is 0 Å². The zero-order valence-corrected chi connectivity index (χ0v) is 15.9. The van der Waals surface area contributed by atoms with Crippen LogP contribution in [0.1, 0.15) is 37.2 Å². The van der Waals surface area contributed by atoms with Crippen molar-refractivity contribution in [2.24, 2.45) is 0 Å². The normalized spacial score (nSPS) is 19.0. The Labute approximate surface area is 167 Å². The topological polar surface area (TPSA) is 18.5 Å². The van der Waals surface area contributed by atoms with Gasteiger partial charge in [-0.25, -0.2) is 0 Å². The Morgan fingerprint density at radius 1 is 0.759 bits per heavy atom. The van der Waals surface area contributed by atoms with Gasteiger partial charge in [0.2, 0.25) is 0 Å². The Hall–Kier alpha value is -2.63. The molecule has 3 aromatic carbocycles. The molecule has 0 bridgehead atoms. The van der Waals surface area contributed by atoms with Gasteiger partial charge in [-0.15, -0.1) is 0 Å². The molecule has 0 N–H and O–H groups in total. The van der Waals surface area contributed by atoms with Gasteiger partial charge in [-0.05, 0) is 46.9 Å². The summed E-state index contributed by atoms with van der Waals surface area (Å²) in [5.41, 5.74) is 4.00. The van der Waals surface area contributed by atoms with Gasteiger partial charge in [-0.1, -0.05) is 67.9 Å². The molecular weight excluding hydrogens is 377 g/mol. The van der Waals surface area contributed by atoms with E-state index in [9.17, 15) is 13.2 Å². The van der Waals surface area contributed by atoms with Crippen molar-refractivity contribution in [1.82, 2.24) is 0 Å². The van der Waals surface area contributed by atoms with Crippen LogP contribution in [-0.2, 0) is 15.7 Å². The van der Waals surface area contributed by atoms with E-state index in [2.05, 4.69) is 6.92 Å². The fraction of sp³-hybridized carbons (Fsp3) is 0.250. The summed E-state index contributed by atoms with van der Waals surface area (Å²) < 4.78 is 49.7. The van der Waals surface area contributed by atoms with Crippen molar-refractivity contribution in [1.29, 1.82) is 0 Å². The summed E-state index contributed by atoms with van der Waals surface area (Å²) in [7, 11) is 0. The van der Waals surface area contributed by atoms with E-state index in [1.54, 1.807) is 0 Å². The van der Waals surface area contributed by atoms with E-state index in [1.807, 2.05) is 48.5 Å². The number of benzene rings is 3. The van der Waals surface area contributed by atoms with Crippen molar-refractivity contribution < 1.29 is 22.6 Å². The van der Waals surface area contributed by atoms with Gasteiger partial charge in [0.05, 0.1) is 5.56 Å². The molecule has 1 saturated heterocycles. The van der Waals surface area contributed by atoms with Gasteiger partial charge in [0.1, 0.15) is 0 Å². The third kappa shape index (κ3) is 4.36. The van der Waals surface area contributed by atoms with Crippen molar-refractivity contribution in [2.75, 3.05) is 0 Å². The first-order valence-corrected chi connectivity index (χ1v) is 9.63. The summed E-state index contributed by atoms with van der Waals surface area (Å²) in [6.45, 7) is 2.09. The van der Waals surface area contributed by atoms with Gasteiger partial charge in [0.25, 0.3) is 0 Å². The van der Waals surface area contributed by atoms with Crippen LogP contribution in [0.15, 0.2) is 72.8 Å². The van der Waals surface area contributed by atoms with Crippen LogP contribution < -0.4 is 0 Å². The quantitative estimate of drug-likeness (QED) is 0.452. The molecule has 1 fully saturated rings. The number of hydrogen-bond donors (Lipinski definition) is 0. The third-order valence-electron chi connectivity index (χ3n) is 5.00. The highest BCUT2D eigenvalue weighted by atomic mass is 19.4. The zero-order valence-electron chi connectivity index (χ0n) is 15.9. The first kappa shape index (κ1) is 19.7. The molecule has 1 aliphatic rings. The number of rotatable bonds is 5. The molecule has 0 unspecified atom stereocenters. The van der Waals surface area contributed by atoms with Crippen LogP contribution in [0.25, 0.3) is 22.3 Å². The molecule has 4 rings (SSSR count). The zero-order chi connectivity index (χ0) is 20.4. The maximum absolute atomic E-state index is 12.7. The van der Waals surface area contributed by atoms with Crippen molar-refractivity contribution >= 4 is 0 Å². The molecule has 0 saturated carbocycles. The van der Waals surface area contributed by atoms with Gasteiger partial charge >= 0.3 is 6.18 Å². The molecule has 0 amide bonds. The Kier molecular flexibility index (Phi) is 5.43. The maximum Gasteiger partial charge on any atom is 0.416 e. The van der Waals surface area contributed by atoms with Gasteiger partial charge in [0, 0.05) is 5.56 Å². The number of halogens is 3. The summed E-state index contributed by atoms with van der Waals surface area (Å²) in [5.74, 6) is 0. The first-order chi connectivity index (χ1) is 13.9. The monoisotopic (exact) mass is 398 g/mol. The second-order valence-corrected chi connectivity index (χ2v) is 7.10. The summed E-state index contributed by atoms with van der Waals surface area (Å²) in [6, 6.07) is 21.0. The van der Waals surface area contributed by atoms with E-state index in [0.717, 1.165) is 52.8 Å². The summed E-state index contributed by atoms with van der Waals surface area (Å²) in [6.07, 6.45) is -2.85. The van der Waals surface area contributed by atoms with E-state index in [1.165, 1.54) is 12.1 Å². The lowest BCUT2D eigenvalue weighted by atomic mass is 9.98. The van der Waals surface area contributed by atoms with E-state index >= 15 is 0 Å². The molecular formula is C24H21F3O2. The Morgan fingerprint density at radius 2 is 1.31 bits per heavy atom. The second-order valence-electron chi connectivity index (χ2n) is 7.10. The second kappa shape index (κ2) is 8.01. The number of hydrogen-bond acceptors (Lipinski definition) is 2. The van der Waals surface area contributed by atoms with Crippen LogP contribution in [0.4, 0.5) is 13.2 Å². The van der Waals surface area contributed by atoms with Gasteiger partial charge in [0.15, 0.2) is 12.6 Å². The van der Waals surface area contributed by atoms with Crippen LogP contribution >= 0.6 is 0 Å². The predicted octanol–water partition coefficient (Wildman–Crippen LogP) is 7.21. The van der Waals surface area contributed by atoms with E-state index < -0.39 is 11.7 Å². The lowest BCUT2D eigenvalue weighted by Gasteiger charge is -2.36. The fourth-order valence-corrected chi connectivity index (χ4v) is 3.39. The third-order valence-corrected chi connectivity index (χ3v) is 5.00. The highest BCUT2D eigenvalue weighted by Crippen LogP contribution is 2.36. The summed E-state index contributed by atoms with van der Waals surface area (Å²) in [5, 5.41) is 0. The molecule has 29 heavy (non-hydrogen) atoms. The van der Waals surface area contributed by atoms with Crippen molar-refractivity contribution in [3.05, 3.63) is 83.9 Å². The smallest absolute Gasteiger partial charge is 0.319 e. The molecule has 1 heterocycles. The minimum Gasteiger partial charge on any atom is -0.319 e. The van der Waals surface area contributed by atoms with Crippen molar-refractivity contribution in [2.45, 2.75) is 38.5 Å². The molecule has 0 spiro atoms. The Bertz CT molecular complexity index is 957. The number of ether oxygens (including phenoxy) is 2. The molecule has 0 aromatic heterocycles. The summed E-state index contributed by atoms with van der Waals surface area (Å²) >= 11 is 0.